The summed E-state index contributed by atoms with van der Waals surface area (Å²) in [5.41, 5.74) is 4.45. The van der Waals surface area contributed by atoms with Crippen LogP contribution in [0.4, 0.5) is 0 Å². The molecular weight excluding hydrogens is 205 g/mol. The van der Waals surface area contributed by atoms with E-state index in [-0.39, 0.29) is 10.8 Å². The molecule has 0 rings (SSSR count). The Morgan fingerprint density at radius 1 is 0.882 bits per heavy atom. The first-order valence-electron chi connectivity index (χ1n) is 6.61. The summed E-state index contributed by atoms with van der Waals surface area (Å²) in [5, 5.41) is 0. The average molecular weight is 235 g/mol. The molecule has 98 valence electrons. The molecule has 0 bridgehead atoms. The van der Waals surface area contributed by atoms with E-state index in [1.165, 1.54) is 16.8 Å². The summed E-state index contributed by atoms with van der Waals surface area (Å²) in [5.74, 6) is 0. The van der Waals surface area contributed by atoms with Gasteiger partial charge in [-0.05, 0) is 17.9 Å². The van der Waals surface area contributed by atoms with Crippen LogP contribution in [0.2, 0.25) is 13.6 Å². The van der Waals surface area contributed by atoms with Gasteiger partial charge in [0.25, 0.3) is 0 Å². The van der Waals surface area contributed by atoms with Crippen molar-refractivity contribution in [3.05, 3.63) is 11.0 Å². The average Bonchev–Trinajstić information content (AvgIpc) is 1.97. The van der Waals surface area contributed by atoms with Crippen molar-refractivity contribution in [2.24, 2.45) is 15.8 Å². The number of allylic oxidation sites excluding steroid dienone is 2. The maximum absolute atomic E-state index is 4.53. The summed E-state index contributed by atoms with van der Waals surface area (Å²) >= 11 is 0. The van der Waals surface area contributed by atoms with Crippen molar-refractivity contribution in [1.82, 2.24) is 0 Å². The molecule has 17 heavy (non-hydrogen) atoms. The van der Waals surface area contributed by atoms with Crippen LogP contribution >= 0.6 is 0 Å². The lowest BCUT2D eigenvalue weighted by molar-refractivity contribution is 0.521. The predicted octanol–water partition coefficient (Wildman–Crippen LogP) is 4.76. The third-order valence-electron chi connectivity index (χ3n) is 3.08. The smallest absolute Gasteiger partial charge is 0.165 e. The van der Waals surface area contributed by atoms with Gasteiger partial charge in [-0.25, -0.2) is 0 Å². The van der Waals surface area contributed by atoms with Gasteiger partial charge in [-0.1, -0.05) is 60.7 Å². The summed E-state index contributed by atoms with van der Waals surface area (Å²) in [6.45, 7) is 20.9. The van der Waals surface area contributed by atoms with Crippen LogP contribution in [0, 0.1) is 10.8 Å². The molecule has 0 radical (unpaired) electrons. The Labute approximate surface area is 109 Å². The van der Waals surface area contributed by atoms with Crippen LogP contribution in [0.1, 0.15) is 48.5 Å². The SMILES string of the molecule is C/N=C(\C(C)=C(/B(C)C)C(C)(C)C)C(C)(C)C. The van der Waals surface area contributed by atoms with Crippen molar-refractivity contribution in [2.45, 2.75) is 62.1 Å². The third kappa shape index (κ3) is 4.33. The topological polar surface area (TPSA) is 12.4 Å². The summed E-state index contributed by atoms with van der Waals surface area (Å²) in [6, 6.07) is 0. The maximum atomic E-state index is 4.53. The third-order valence-corrected chi connectivity index (χ3v) is 3.08. The molecule has 0 fully saturated rings. The fraction of sp³-hybridized carbons (Fsp3) is 0.800. The summed E-state index contributed by atoms with van der Waals surface area (Å²) in [7, 11) is 1.91. The molecule has 0 aliphatic rings. The van der Waals surface area contributed by atoms with Gasteiger partial charge in [-0.3, -0.25) is 4.99 Å². The van der Waals surface area contributed by atoms with Gasteiger partial charge in [0.15, 0.2) is 6.71 Å². The highest BCUT2D eigenvalue weighted by molar-refractivity contribution is 6.65. The monoisotopic (exact) mass is 235 g/mol. The fourth-order valence-electron chi connectivity index (χ4n) is 3.05. The zero-order valence-corrected chi connectivity index (χ0v) is 13.5. The summed E-state index contributed by atoms with van der Waals surface area (Å²) in [4.78, 5) is 4.53. The Morgan fingerprint density at radius 2 is 1.29 bits per heavy atom. The molecule has 0 heterocycles. The molecule has 0 unspecified atom stereocenters. The van der Waals surface area contributed by atoms with Crippen molar-refractivity contribution in [1.29, 1.82) is 0 Å². The van der Waals surface area contributed by atoms with E-state index in [9.17, 15) is 0 Å². The second-order valence-electron chi connectivity index (χ2n) is 7.27. The molecule has 0 amide bonds. The highest BCUT2D eigenvalue weighted by Crippen LogP contribution is 2.33. The van der Waals surface area contributed by atoms with E-state index in [0.29, 0.717) is 6.71 Å². The van der Waals surface area contributed by atoms with Crippen LogP contribution in [0.5, 0.6) is 0 Å². The molecule has 0 spiro atoms. The molecule has 0 aromatic rings. The molecule has 0 atom stereocenters. The molecule has 0 saturated heterocycles. The van der Waals surface area contributed by atoms with Crippen molar-refractivity contribution >= 4 is 12.4 Å². The van der Waals surface area contributed by atoms with E-state index in [1.807, 2.05) is 7.05 Å². The molecule has 0 aromatic heterocycles. The minimum absolute atomic E-state index is 0.115. The van der Waals surface area contributed by atoms with Gasteiger partial charge in [0.05, 0.1) is 0 Å². The number of aliphatic imine (C=N–C) groups is 1. The minimum Gasteiger partial charge on any atom is -0.292 e. The zero-order chi connectivity index (χ0) is 14.0. The Kier molecular flexibility index (Phi) is 5.25. The summed E-state index contributed by atoms with van der Waals surface area (Å²) < 4.78 is 0. The second-order valence-corrected chi connectivity index (χ2v) is 7.27. The molecule has 0 aliphatic carbocycles. The Bertz CT molecular complexity index is 322. The lowest BCUT2D eigenvalue weighted by Crippen LogP contribution is -2.29. The number of hydrogen-bond donors (Lipinski definition) is 0. The molecular formula is C15H30BN. The maximum Gasteiger partial charge on any atom is 0.165 e. The second kappa shape index (κ2) is 5.41. The standard InChI is InChI=1S/C15H30BN/c1-11(13(17-10)15(5,6)7)12(16(8)9)14(2,3)4/h1-10H3/b12-11-,17-13+. The number of rotatable bonds is 2. The van der Waals surface area contributed by atoms with Crippen LogP contribution in [0.3, 0.4) is 0 Å². The van der Waals surface area contributed by atoms with Gasteiger partial charge < -0.3 is 0 Å². The van der Waals surface area contributed by atoms with Gasteiger partial charge in [0.1, 0.15) is 0 Å². The van der Waals surface area contributed by atoms with E-state index in [0.717, 1.165) is 0 Å². The highest BCUT2D eigenvalue weighted by Gasteiger charge is 2.28. The van der Waals surface area contributed by atoms with E-state index >= 15 is 0 Å². The Hall–Kier alpha value is -0.525. The number of nitrogens with zero attached hydrogens (tertiary/aromatic N) is 1. The molecule has 0 aliphatic heterocycles. The van der Waals surface area contributed by atoms with Crippen LogP contribution in [-0.4, -0.2) is 19.5 Å². The first kappa shape index (κ1) is 16.5. The van der Waals surface area contributed by atoms with Gasteiger partial charge in [0.2, 0.25) is 0 Å². The van der Waals surface area contributed by atoms with Crippen molar-refractivity contribution in [3.8, 4) is 0 Å². The molecule has 0 N–H and O–H groups in total. The van der Waals surface area contributed by atoms with Crippen molar-refractivity contribution in [2.75, 3.05) is 7.05 Å². The van der Waals surface area contributed by atoms with E-state index in [1.54, 1.807) is 0 Å². The normalized spacial score (nSPS) is 15.8. The van der Waals surface area contributed by atoms with E-state index in [4.69, 9.17) is 0 Å². The van der Waals surface area contributed by atoms with Crippen molar-refractivity contribution < 1.29 is 0 Å². The van der Waals surface area contributed by atoms with Gasteiger partial charge in [-0.2, -0.15) is 0 Å². The van der Waals surface area contributed by atoms with E-state index < -0.39 is 0 Å². The van der Waals surface area contributed by atoms with Gasteiger partial charge in [-0.15, -0.1) is 0 Å². The Morgan fingerprint density at radius 3 is 1.47 bits per heavy atom. The fourth-order valence-corrected chi connectivity index (χ4v) is 3.05. The van der Waals surface area contributed by atoms with Crippen molar-refractivity contribution in [3.63, 3.8) is 0 Å². The molecule has 2 heteroatoms. The lowest BCUT2D eigenvalue weighted by Gasteiger charge is -2.32. The highest BCUT2D eigenvalue weighted by atomic mass is 14.7. The quantitative estimate of drug-likeness (QED) is 0.483. The molecule has 0 aromatic carbocycles. The molecule has 1 nitrogen and oxygen atoms in total. The van der Waals surface area contributed by atoms with Crippen LogP contribution in [0.15, 0.2) is 16.0 Å². The zero-order valence-electron chi connectivity index (χ0n) is 13.5. The van der Waals surface area contributed by atoms with Crippen LogP contribution in [0.25, 0.3) is 0 Å². The lowest BCUT2D eigenvalue weighted by atomic mass is 9.42. The van der Waals surface area contributed by atoms with Gasteiger partial charge >= 0.3 is 0 Å². The minimum atomic E-state index is 0.115. The predicted molar refractivity (Wildman–Crippen MR) is 82.5 cm³/mol. The first-order valence-corrected chi connectivity index (χ1v) is 6.61. The van der Waals surface area contributed by atoms with E-state index in [2.05, 4.69) is 67.1 Å². The largest absolute Gasteiger partial charge is 0.292 e. The first-order chi connectivity index (χ1) is 7.42. The Balaban J connectivity index is 5.83. The summed E-state index contributed by atoms with van der Waals surface area (Å²) in [6.07, 6.45) is 0. The van der Waals surface area contributed by atoms with Crippen LogP contribution in [-0.2, 0) is 0 Å². The van der Waals surface area contributed by atoms with Crippen LogP contribution < -0.4 is 0 Å². The van der Waals surface area contributed by atoms with Gasteiger partial charge in [0, 0.05) is 18.2 Å². The number of hydrogen-bond acceptors (Lipinski definition) is 1. The molecule has 0 saturated carbocycles.